The highest BCUT2D eigenvalue weighted by Crippen LogP contribution is 2.35. The van der Waals surface area contributed by atoms with Crippen molar-refractivity contribution in [3.63, 3.8) is 0 Å². The topological polar surface area (TPSA) is 12.0 Å². The van der Waals surface area contributed by atoms with Crippen LogP contribution in [0.3, 0.4) is 0 Å². The second kappa shape index (κ2) is 5.68. The highest BCUT2D eigenvalue weighted by atomic mass is 14.8. The van der Waals surface area contributed by atoms with E-state index in [0.717, 1.165) is 11.8 Å². The van der Waals surface area contributed by atoms with Gasteiger partial charge in [0.1, 0.15) is 0 Å². The number of rotatable bonds is 4. The Balaban J connectivity index is 2.09. The van der Waals surface area contributed by atoms with Crippen LogP contribution in [0.25, 0.3) is 0 Å². The molecule has 1 aromatic carbocycles. The maximum atomic E-state index is 3.35. The van der Waals surface area contributed by atoms with E-state index in [-0.39, 0.29) is 0 Å². The Labute approximate surface area is 106 Å². The largest absolute Gasteiger partial charge is 0.319 e. The number of hydrogen-bond acceptors (Lipinski definition) is 1. The standard InChI is InChI=1S/C16H25N/c1-12-6-4-7-13(2)16(12)10-14-8-5-9-15(14)11-17-3/h4,6-7,14-15,17H,5,8-11H2,1-3H3. The van der Waals surface area contributed by atoms with Gasteiger partial charge in [0.25, 0.3) is 0 Å². The minimum Gasteiger partial charge on any atom is -0.319 e. The molecule has 0 saturated heterocycles. The second-order valence-electron chi connectivity index (χ2n) is 5.58. The van der Waals surface area contributed by atoms with Crippen LogP contribution in [0.4, 0.5) is 0 Å². The van der Waals surface area contributed by atoms with Crippen molar-refractivity contribution in [3.05, 3.63) is 34.9 Å². The molecule has 17 heavy (non-hydrogen) atoms. The van der Waals surface area contributed by atoms with Crippen LogP contribution in [-0.2, 0) is 6.42 Å². The van der Waals surface area contributed by atoms with Gasteiger partial charge in [-0.15, -0.1) is 0 Å². The monoisotopic (exact) mass is 231 g/mol. The Morgan fingerprint density at radius 1 is 1.12 bits per heavy atom. The Morgan fingerprint density at radius 2 is 1.76 bits per heavy atom. The zero-order chi connectivity index (χ0) is 12.3. The Kier molecular flexibility index (Phi) is 4.22. The smallest absolute Gasteiger partial charge is 0.00208 e. The molecule has 1 heteroatoms. The van der Waals surface area contributed by atoms with E-state index in [0.29, 0.717) is 0 Å². The van der Waals surface area contributed by atoms with Gasteiger partial charge in [-0.3, -0.25) is 0 Å². The van der Waals surface area contributed by atoms with E-state index in [1.54, 1.807) is 5.56 Å². The highest BCUT2D eigenvalue weighted by molar-refractivity contribution is 5.33. The molecule has 1 saturated carbocycles. The first-order valence-electron chi connectivity index (χ1n) is 6.92. The summed E-state index contributed by atoms with van der Waals surface area (Å²) in [6.07, 6.45) is 5.53. The van der Waals surface area contributed by atoms with E-state index in [1.807, 2.05) is 0 Å². The molecule has 0 bridgehead atoms. The third-order valence-electron chi connectivity index (χ3n) is 4.39. The molecule has 0 aliphatic heterocycles. The van der Waals surface area contributed by atoms with Crippen LogP contribution in [0.1, 0.15) is 36.0 Å². The maximum absolute atomic E-state index is 3.35. The van der Waals surface area contributed by atoms with Gasteiger partial charge in [-0.1, -0.05) is 24.6 Å². The molecule has 0 spiro atoms. The quantitative estimate of drug-likeness (QED) is 0.836. The summed E-state index contributed by atoms with van der Waals surface area (Å²) in [5.74, 6) is 1.78. The van der Waals surface area contributed by atoms with Crippen molar-refractivity contribution in [2.24, 2.45) is 11.8 Å². The fraction of sp³-hybridized carbons (Fsp3) is 0.625. The molecule has 0 aromatic heterocycles. The lowest BCUT2D eigenvalue weighted by atomic mass is 9.86. The summed E-state index contributed by atoms with van der Waals surface area (Å²) in [6.45, 7) is 5.70. The average Bonchev–Trinajstić information content (AvgIpc) is 2.72. The predicted molar refractivity (Wildman–Crippen MR) is 74.4 cm³/mol. The highest BCUT2D eigenvalue weighted by Gasteiger charge is 2.27. The molecule has 1 fully saturated rings. The molecule has 1 N–H and O–H groups in total. The molecule has 2 atom stereocenters. The molecule has 94 valence electrons. The first kappa shape index (κ1) is 12.6. The van der Waals surface area contributed by atoms with Gasteiger partial charge in [-0.2, -0.15) is 0 Å². The molecule has 1 nitrogen and oxygen atoms in total. The van der Waals surface area contributed by atoms with E-state index in [4.69, 9.17) is 0 Å². The van der Waals surface area contributed by atoms with Crippen molar-refractivity contribution in [2.75, 3.05) is 13.6 Å². The normalized spacial score (nSPS) is 24.2. The van der Waals surface area contributed by atoms with Gasteiger partial charge in [-0.05, 0) is 75.2 Å². The molecule has 1 aromatic rings. The number of nitrogens with one attached hydrogen (secondary N) is 1. The minimum absolute atomic E-state index is 0.888. The van der Waals surface area contributed by atoms with Crippen LogP contribution in [0, 0.1) is 25.7 Å². The van der Waals surface area contributed by atoms with Gasteiger partial charge >= 0.3 is 0 Å². The van der Waals surface area contributed by atoms with Gasteiger partial charge in [0, 0.05) is 0 Å². The van der Waals surface area contributed by atoms with Crippen LogP contribution in [0.5, 0.6) is 0 Å². The summed E-state index contributed by atoms with van der Waals surface area (Å²) >= 11 is 0. The van der Waals surface area contributed by atoms with Crippen LogP contribution in [0.15, 0.2) is 18.2 Å². The van der Waals surface area contributed by atoms with E-state index in [9.17, 15) is 0 Å². The van der Waals surface area contributed by atoms with E-state index in [2.05, 4.69) is 44.4 Å². The number of aryl methyl sites for hydroxylation is 2. The maximum Gasteiger partial charge on any atom is -0.00208 e. The van der Waals surface area contributed by atoms with E-state index < -0.39 is 0 Å². The fourth-order valence-corrected chi connectivity index (χ4v) is 3.35. The van der Waals surface area contributed by atoms with Crippen LogP contribution < -0.4 is 5.32 Å². The third kappa shape index (κ3) is 2.90. The van der Waals surface area contributed by atoms with E-state index >= 15 is 0 Å². The first-order chi connectivity index (χ1) is 8.22. The summed E-state index contributed by atoms with van der Waals surface area (Å²) in [5.41, 5.74) is 4.54. The summed E-state index contributed by atoms with van der Waals surface area (Å²) in [4.78, 5) is 0. The summed E-state index contributed by atoms with van der Waals surface area (Å²) < 4.78 is 0. The summed E-state index contributed by atoms with van der Waals surface area (Å²) in [6, 6.07) is 6.68. The fourth-order valence-electron chi connectivity index (χ4n) is 3.35. The van der Waals surface area contributed by atoms with Crippen molar-refractivity contribution < 1.29 is 0 Å². The Morgan fingerprint density at radius 3 is 2.41 bits per heavy atom. The van der Waals surface area contributed by atoms with Crippen LogP contribution in [0.2, 0.25) is 0 Å². The van der Waals surface area contributed by atoms with Crippen molar-refractivity contribution in [1.82, 2.24) is 5.32 Å². The van der Waals surface area contributed by atoms with Gasteiger partial charge in [-0.25, -0.2) is 0 Å². The Bertz CT molecular complexity index is 350. The molecule has 2 unspecified atom stereocenters. The lowest BCUT2D eigenvalue weighted by molar-refractivity contribution is 0.373. The molecular formula is C16H25N. The summed E-state index contributed by atoms with van der Waals surface area (Å²) in [7, 11) is 2.08. The lowest BCUT2D eigenvalue weighted by Crippen LogP contribution is -2.23. The zero-order valence-electron chi connectivity index (χ0n) is 11.4. The SMILES string of the molecule is CNCC1CCCC1Cc1c(C)cccc1C. The molecule has 1 aliphatic carbocycles. The summed E-state index contributed by atoms with van der Waals surface area (Å²) in [5, 5.41) is 3.35. The first-order valence-corrected chi connectivity index (χ1v) is 6.92. The van der Waals surface area contributed by atoms with Gasteiger partial charge < -0.3 is 5.32 Å². The van der Waals surface area contributed by atoms with Crippen molar-refractivity contribution >= 4 is 0 Å². The number of benzene rings is 1. The van der Waals surface area contributed by atoms with Gasteiger partial charge in [0.15, 0.2) is 0 Å². The third-order valence-corrected chi connectivity index (χ3v) is 4.39. The van der Waals surface area contributed by atoms with Gasteiger partial charge in [0.05, 0.1) is 0 Å². The Hall–Kier alpha value is -0.820. The molecule has 1 aliphatic rings. The molecular weight excluding hydrogens is 206 g/mol. The van der Waals surface area contributed by atoms with Crippen molar-refractivity contribution in [3.8, 4) is 0 Å². The predicted octanol–water partition coefficient (Wildman–Crippen LogP) is 3.48. The van der Waals surface area contributed by atoms with E-state index in [1.165, 1.54) is 43.4 Å². The van der Waals surface area contributed by atoms with Crippen LogP contribution in [-0.4, -0.2) is 13.6 Å². The second-order valence-corrected chi connectivity index (χ2v) is 5.58. The molecule has 0 heterocycles. The zero-order valence-corrected chi connectivity index (χ0v) is 11.4. The van der Waals surface area contributed by atoms with Crippen molar-refractivity contribution in [1.29, 1.82) is 0 Å². The minimum atomic E-state index is 0.888. The number of hydrogen-bond donors (Lipinski definition) is 1. The van der Waals surface area contributed by atoms with Crippen LogP contribution >= 0.6 is 0 Å². The lowest BCUT2D eigenvalue weighted by Gasteiger charge is -2.21. The molecule has 0 radical (unpaired) electrons. The molecule has 0 amide bonds. The van der Waals surface area contributed by atoms with Crippen molar-refractivity contribution in [2.45, 2.75) is 39.5 Å². The van der Waals surface area contributed by atoms with Gasteiger partial charge in [0.2, 0.25) is 0 Å². The average molecular weight is 231 g/mol. The molecule has 2 rings (SSSR count).